The first-order chi connectivity index (χ1) is 5.22. The molecule has 0 spiro atoms. The van der Waals surface area contributed by atoms with E-state index in [1.54, 1.807) is 4.90 Å². The smallest absolute Gasteiger partial charge is 0.225 e. The molecule has 1 unspecified atom stereocenters. The van der Waals surface area contributed by atoms with Crippen molar-refractivity contribution in [1.29, 1.82) is 0 Å². The van der Waals surface area contributed by atoms with E-state index in [0.29, 0.717) is 13.2 Å². The Morgan fingerprint density at radius 1 is 1.55 bits per heavy atom. The summed E-state index contributed by atoms with van der Waals surface area (Å²) in [6.45, 7) is 8.27. The van der Waals surface area contributed by atoms with Crippen molar-refractivity contribution in [2.75, 3.05) is 26.3 Å². The van der Waals surface area contributed by atoms with Crippen LogP contribution >= 0.6 is 0 Å². The van der Waals surface area contributed by atoms with E-state index in [1.165, 1.54) is 0 Å². The van der Waals surface area contributed by atoms with E-state index in [1.807, 2.05) is 6.92 Å². The molecular formula is C8H14NO2. The van der Waals surface area contributed by atoms with Gasteiger partial charge in [-0.05, 0) is 6.92 Å². The summed E-state index contributed by atoms with van der Waals surface area (Å²) in [7, 11) is 0. The van der Waals surface area contributed by atoms with Crippen LogP contribution < -0.4 is 0 Å². The van der Waals surface area contributed by atoms with Gasteiger partial charge in [-0.1, -0.05) is 6.92 Å². The monoisotopic (exact) mass is 156 g/mol. The topological polar surface area (TPSA) is 29.5 Å². The summed E-state index contributed by atoms with van der Waals surface area (Å²) in [6.07, 6.45) is 0. The lowest BCUT2D eigenvalue weighted by Gasteiger charge is -2.28. The quantitative estimate of drug-likeness (QED) is 0.547. The van der Waals surface area contributed by atoms with Gasteiger partial charge in [0.2, 0.25) is 5.91 Å². The molecule has 11 heavy (non-hydrogen) atoms. The highest BCUT2D eigenvalue weighted by Gasteiger charge is 2.18. The first-order valence-corrected chi connectivity index (χ1v) is 3.91. The van der Waals surface area contributed by atoms with E-state index in [0.717, 1.165) is 13.1 Å². The van der Waals surface area contributed by atoms with Crippen LogP contribution in [0.5, 0.6) is 0 Å². The number of rotatable bonds is 1. The molecule has 1 radical (unpaired) electrons. The van der Waals surface area contributed by atoms with E-state index in [4.69, 9.17) is 4.74 Å². The van der Waals surface area contributed by atoms with E-state index in [-0.39, 0.29) is 11.8 Å². The number of hydrogen-bond donors (Lipinski definition) is 0. The van der Waals surface area contributed by atoms with Crippen LogP contribution in [0.4, 0.5) is 0 Å². The van der Waals surface area contributed by atoms with Crippen molar-refractivity contribution in [3.8, 4) is 0 Å². The van der Waals surface area contributed by atoms with Crippen molar-refractivity contribution in [2.45, 2.75) is 6.92 Å². The minimum atomic E-state index is -0.131. The SMILES string of the molecule is [CH2]C(C)C(=O)N1CCOCC1. The maximum atomic E-state index is 11.3. The molecule has 0 N–H and O–H groups in total. The first-order valence-electron chi connectivity index (χ1n) is 3.91. The van der Waals surface area contributed by atoms with Gasteiger partial charge in [0.05, 0.1) is 13.2 Å². The average molecular weight is 156 g/mol. The highest BCUT2D eigenvalue weighted by molar-refractivity contribution is 5.79. The number of carbonyl (C=O) groups is 1. The number of hydrogen-bond acceptors (Lipinski definition) is 2. The standard InChI is InChI=1S/C8H14NO2/c1-7(2)8(10)9-3-5-11-6-4-9/h7H,1,3-6H2,2H3. The van der Waals surface area contributed by atoms with Gasteiger partial charge in [-0.15, -0.1) is 0 Å². The molecule has 0 saturated carbocycles. The number of ether oxygens (including phenoxy) is 1. The summed E-state index contributed by atoms with van der Waals surface area (Å²) < 4.78 is 5.12. The van der Waals surface area contributed by atoms with Crippen LogP contribution in [0.1, 0.15) is 6.92 Å². The summed E-state index contributed by atoms with van der Waals surface area (Å²) in [5.41, 5.74) is 0. The third kappa shape index (κ3) is 2.19. The van der Waals surface area contributed by atoms with Crippen molar-refractivity contribution in [3.05, 3.63) is 6.92 Å². The van der Waals surface area contributed by atoms with E-state index in [9.17, 15) is 4.79 Å². The number of nitrogens with zero attached hydrogens (tertiary/aromatic N) is 1. The molecule has 1 aliphatic rings. The minimum Gasteiger partial charge on any atom is -0.378 e. The molecule has 1 fully saturated rings. The Morgan fingerprint density at radius 2 is 2.09 bits per heavy atom. The van der Waals surface area contributed by atoms with Gasteiger partial charge in [-0.2, -0.15) is 0 Å². The minimum absolute atomic E-state index is 0.131. The first kappa shape index (κ1) is 8.53. The fourth-order valence-electron chi connectivity index (χ4n) is 1.10. The molecule has 1 saturated heterocycles. The van der Waals surface area contributed by atoms with Crippen LogP contribution in [-0.2, 0) is 9.53 Å². The van der Waals surface area contributed by atoms with Gasteiger partial charge >= 0.3 is 0 Å². The molecule has 3 heteroatoms. The highest BCUT2D eigenvalue weighted by atomic mass is 16.5. The summed E-state index contributed by atoms with van der Waals surface area (Å²) in [5.74, 6) is 0.00130. The number of amides is 1. The van der Waals surface area contributed by atoms with Gasteiger partial charge in [0.15, 0.2) is 0 Å². The second-order valence-corrected chi connectivity index (χ2v) is 2.84. The van der Waals surface area contributed by atoms with Gasteiger partial charge in [-0.25, -0.2) is 0 Å². The Bertz CT molecular complexity index is 139. The molecule has 1 atom stereocenters. The molecule has 1 rings (SSSR count). The third-order valence-corrected chi connectivity index (χ3v) is 1.74. The Morgan fingerprint density at radius 3 is 2.55 bits per heavy atom. The summed E-state index contributed by atoms with van der Waals surface area (Å²) in [4.78, 5) is 13.1. The van der Waals surface area contributed by atoms with Gasteiger partial charge in [-0.3, -0.25) is 4.79 Å². The van der Waals surface area contributed by atoms with Crippen LogP contribution in [0, 0.1) is 12.8 Å². The molecule has 63 valence electrons. The molecule has 0 bridgehead atoms. The Labute approximate surface area is 67.3 Å². The van der Waals surface area contributed by atoms with E-state index in [2.05, 4.69) is 6.92 Å². The van der Waals surface area contributed by atoms with Crippen LogP contribution in [-0.4, -0.2) is 37.1 Å². The van der Waals surface area contributed by atoms with Gasteiger partial charge in [0.25, 0.3) is 0 Å². The predicted molar refractivity (Wildman–Crippen MR) is 41.9 cm³/mol. The second kappa shape index (κ2) is 3.72. The Balaban J connectivity index is 2.39. The number of carbonyl (C=O) groups excluding carboxylic acids is 1. The normalized spacial score (nSPS) is 19.0. The van der Waals surface area contributed by atoms with E-state index < -0.39 is 0 Å². The largest absolute Gasteiger partial charge is 0.378 e. The molecule has 0 aromatic rings. The molecule has 3 nitrogen and oxygen atoms in total. The second-order valence-electron chi connectivity index (χ2n) is 2.84. The van der Waals surface area contributed by atoms with Gasteiger partial charge in [0, 0.05) is 19.0 Å². The lowest BCUT2D eigenvalue weighted by Crippen LogP contribution is -2.42. The lowest BCUT2D eigenvalue weighted by molar-refractivity contribution is -0.137. The van der Waals surface area contributed by atoms with Gasteiger partial charge in [0.1, 0.15) is 0 Å². The number of morpholine rings is 1. The van der Waals surface area contributed by atoms with Crippen LogP contribution in [0.15, 0.2) is 0 Å². The maximum Gasteiger partial charge on any atom is 0.225 e. The van der Waals surface area contributed by atoms with E-state index >= 15 is 0 Å². The molecule has 0 aliphatic carbocycles. The summed E-state index contributed by atoms with van der Waals surface area (Å²) in [5, 5.41) is 0. The molecule has 1 heterocycles. The maximum absolute atomic E-state index is 11.3. The fourth-order valence-corrected chi connectivity index (χ4v) is 1.10. The Hall–Kier alpha value is -0.570. The van der Waals surface area contributed by atoms with Crippen molar-refractivity contribution in [2.24, 2.45) is 5.92 Å². The van der Waals surface area contributed by atoms with Gasteiger partial charge < -0.3 is 9.64 Å². The lowest BCUT2D eigenvalue weighted by atomic mass is 10.2. The van der Waals surface area contributed by atoms with Crippen molar-refractivity contribution >= 4 is 5.91 Å². The van der Waals surface area contributed by atoms with Crippen molar-refractivity contribution in [3.63, 3.8) is 0 Å². The third-order valence-electron chi connectivity index (χ3n) is 1.74. The zero-order valence-corrected chi connectivity index (χ0v) is 6.88. The molecule has 0 aromatic heterocycles. The summed E-state index contributed by atoms with van der Waals surface area (Å²) >= 11 is 0. The molecule has 1 aliphatic heterocycles. The van der Waals surface area contributed by atoms with Crippen LogP contribution in [0.25, 0.3) is 0 Å². The molecular weight excluding hydrogens is 142 g/mol. The molecule has 1 amide bonds. The van der Waals surface area contributed by atoms with Crippen LogP contribution in [0.3, 0.4) is 0 Å². The Kier molecular flexibility index (Phi) is 2.88. The van der Waals surface area contributed by atoms with Crippen molar-refractivity contribution in [1.82, 2.24) is 4.90 Å². The average Bonchev–Trinajstić information content (AvgIpc) is 2.05. The highest BCUT2D eigenvalue weighted by Crippen LogP contribution is 2.03. The molecule has 0 aromatic carbocycles. The zero-order chi connectivity index (χ0) is 8.27. The predicted octanol–water partition coefficient (Wildman–Crippen LogP) is 0.315. The zero-order valence-electron chi connectivity index (χ0n) is 6.88. The van der Waals surface area contributed by atoms with Crippen molar-refractivity contribution < 1.29 is 9.53 Å². The fraction of sp³-hybridized carbons (Fsp3) is 0.750. The summed E-state index contributed by atoms with van der Waals surface area (Å²) in [6, 6.07) is 0. The van der Waals surface area contributed by atoms with Crippen LogP contribution in [0.2, 0.25) is 0 Å².